The molecule has 1 aromatic rings. The molecule has 1 amide bonds. The number of ether oxygens (including phenoxy) is 1. The van der Waals surface area contributed by atoms with Gasteiger partial charge in [-0.25, -0.2) is 0 Å². The first-order valence-corrected chi connectivity index (χ1v) is 7.73. The first kappa shape index (κ1) is 15.8. The maximum atomic E-state index is 12.1. The Morgan fingerprint density at radius 1 is 1.38 bits per heavy atom. The van der Waals surface area contributed by atoms with Gasteiger partial charge in [-0.3, -0.25) is 4.79 Å². The Kier molecular flexibility index (Phi) is 5.23. The summed E-state index contributed by atoms with van der Waals surface area (Å²) in [7, 11) is 0. The Morgan fingerprint density at radius 2 is 2.10 bits per heavy atom. The van der Waals surface area contributed by atoms with Crippen molar-refractivity contribution in [1.82, 2.24) is 10.6 Å². The number of carbonyl (C=O) groups is 1. The second-order valence-corrected chi connectivity index (χ2v) is 6.21. The first-order chi connectivity index (χ1) is 9.97. The monoisotopic (exact) mass is 290 g/mol. The second kappa shape index (κ2) is 6.94. The van der Waals surface area contributed by atoms with E-state index >= 15 is 0 Å². The fourth-order valence-electron chi connectivity index (χ4n) is 2.23. The van der Waals surface area contributed by atoms with Crippen molar-refractivity contribution in [2.75, 3.05) is 19.6 Å². The highest BCUT2D eigenvalue weighted by molar-refractivity contribution is 5.80. The Morgan fingerprint density at radius 3 is 2.67 bits per heavy atom. The quantitative estimate of drug-likeness (QED) is 0.844. The van der Waals surface area contributed by atoms with Crippen LogP contribution in [0.1, 0.15) is 37.8 Å². The van der Waals surface area contributed by atoms with Crippen molar-refractivity contribution in [2.45, 2.75) is 39.7 Å². The van der Waals surface area contributed by atoms with Gasteiger partial charge < -0.3 is 15.4 Å². The van der Waals surface area contributed by atoms with E-state index in [-0.39, 0.29) is 5.91 Å². The van der Waals surface area contributed by atoms with Crippen molar-refractivity contribution in [2.24, 2.45) is 5.92 Å². The van der Waals surface area contributed by atoms with E-state index in [0.717, 1.165) is 30.9 Å². The summed E-state index contributed by atoms with van der Waals surface area (Å²) in [4.78, 5) is 12.1. The number of rotatable bonds is 6. The molecule has 1 fully saturated rings. The van der Waals surface area contributed by atoms with Crippen molar-refractivity contribution in [3.8, 4) is 5.75 Å². The van der Waals surface area contributed by atoms with Crippen LogP contribution in [0.4, 0.5) is 0 Å². The van der Waals surface area contributed by atoms with Crippen molar-refractivity contribution in [3.63, 3.8) is 0 Å². The van der Waals surface area contributed by atoms with Crippen LogP contribution in [-0.4, -0.2) is 31.6 Å². The molecular weight excluding hydrogens is 264 g/mol. The topological polar surface area (TPSA) is 50.4 Å². The maximum absolute atomic E-state index is 12.1. The van der Waals surface area contributed by atoms with Gasteiger partial charge in [0.15, 0.2) is 6.10 Å². The average Bonchev–Trinajstić information content (AvgIpc) is 2.38. The van der Waals surface area contributed by atoms with Crippen molar-refractivity contribution in [3.05, 3.63) is 29.3 Å². The smallest absolute Gasteiger partial charge is 0.260 e. The molecule has 0 aliphatic carbocycles. The number of amides is 1. The molecule has 21 heavy (non-hydrogen) atoms. The van der Waals surface area contributed by atoms with E-state index in [0.29, 0.717) is 11.8 Å². The predicted molar refractivity (Wildman–Crippen MR) is 84.7 cm³/mol. The molecule has 0 saturated carbocycles. The summed E-state index contributed by atoms with van der Waals surface area (Å²) in [6.45, 7) is 10.8. The highest BCUT2D eigenvalue weighted by Gasteiger charge is 2.20. The van der Waals surface area contributed by atoms with Crippen molar-refractivity contribution in [1.29, 1.82) is 0 Å². The van der Waals surface area contributed by atoms with Crippen molar-refractivity contribution >= 4 is 5.91 Å². The molecular formula is C17H26N2O2. The molecule has 1 unspecified atom stereocenters. The third-order valence-corrected chi connectivity index (χ3v) is 3.98. The zero-order chi connectivity index (χ0) is 15.4. The molecule has 2 N–H and O–H groups in total. The summed E-state index contributed by atoms with van der Waals surface area (Å²) in [6, 6.07) is 6.20. The van der Waals surface area contributed by atoms with E-state index in [1.165, 1.54) is 5.56 Å². The van der Waals surface area contributed by atoms with Crippen LogP contribution in [0, 0.1) is 12.8 Å². The molecule has 1 aliphatic heterocycles. The zero-order valence-electron chi connectivity index (χ0n) is 13.4. The molecule has 2 rings (SSSR count). The maximum Gasteiger partial charge on any atom is 0.260 e. The lowest BCUT2D eigenvalue weighted by atomic mass is 10.0. The zero-order valence-corrected chi connectivity index (χ0v) is 13.4. The highest BCUT2D eigenvalue weighted by atomic mass is 16.5. The molecule has 0 radical (unpaired) electrons. The Balaban J connectivity index is 1.92. The number of aryl methyl sites for hydroxylation is 1. The van der Waals surface area contributed by atoms with Gasteiger partial charge >= 0.3 is 0 Å². The SMILES string of the molecule is Cc1ccc(C(C)C)cc1OC(C)C(=O)NCC1CNC1. The third kappa shape index (κ3) is 4.21. The molecule has 1 heterocycles. The molecule has 1 atom stereocenters. The van der Waals surface area contributed by atoms with Gasteiger partial charge in [0.1, 0.15) is 5.75 Å². The average molecular weight is 290 g/mol. The van der Waals surface area contributed by atoms with Crippen molar-refractivity contribution < 1.29 is 9.53 Å². The summed E-state index contributed by atoms with van der Waals surface area (Å²) in [5, 5.41) is 6.15. The normalized spacial score (nSPS) is 16.4. The number of hydrogen-bond acceptors (Lipinski definition) is 3. The van der Waals surface area contributed by atoms with Gasteiger partial charge in [0.2, 0.25) is 0 Å². The first-order valence-electron chi connectivity index (χ1n) is 7.73. The molecule has 116 valence electrons. The molecule has 4 nitrogen and oxygen atoms in total. The van der Waals surface area contributed by atoms with E-state index in [2.05, 4.69) is 36.6 Å². The molecule has 0 spiro atoms. The largest absolute Gasteiger partial charge is 0.481 e. The molecule has 1 aromatic carbocycles. The number of nitrogens with one attached hydrogen (secondary N) is 2. The van der Waals surface area contributed by atoms with Gasteiger partial charge in [-0.05, 0) is 37.0 Å². The molecule has 1 saturated heterocycles. The Labute approximate surface area is 127 Å². The lowest BCUT2D eigenvalue weighted by Gasteiger charge is -2.27. The van der Waals surface area contributed by atoms with Crippen LogP contribution in [-0.2, 0) is 4.79 Å². The molecule has 0 bridgehead atoms. The van der Waals surface area contributed by atoms with Crippen LogP contribution in [0.3, 0.4) is 0 Å². The lowest BCUT2D eigenvalue weighted by Crippen LogP contribution is -2.49. The van der Waals surface area contributed by atoms with E-state index < -0.39 is 6.10 Å². The summed E-state index contributed by atoms with van der Waals surface area (Å²) in [6.07, 6.45) is -0.473. The van der Waals surface area contributed by atoms with Gasteiger partial charge in [-0.15, -0.1) is 0 Å². The third-order valence-electron chi connectivity index (χ3n) is 3.98. The fraction of sp³-hybridized carbons (Fsp3) is 0.588. The number of hydrogen-bond donors (Lipinski definition) is 2. The minimum Gasteiger partial charge on any atom is -0.481 e. The molecule has 1 aliphatic rings. The fourth-order valence-corrected chi connectivity index (χ4v) is 2.23. The Hall–Kier alpha value is -1.55. The van der Waals surface area contributed by atoms with Crippen LogP contribution in [0.5, 0.6) is 5.75 Å². The van der Waals surface area contributed by atoms with Gasteiger partial charge in [0.05, 0.1) is 0 Å². The summed E-state index contributed by atoms with van der Waals surface area (Å²) in [5.41, 5.74) is 2.28. The van der Waals surface area contributed by atoms with Crippen LogP contribution >= 0.6 is 0 Å². The minimum absolute atomic E-state index is 0.0451. The lowest BCUT2D eigenvalue weighted by molar-refractivity contribution is -0.127. The highest BCUT2D eigenvalue weighted by Crippen LogP contribution is 2.25. The Bertz CT molecular complexity index is 496. The van der Waals surface area contributed by atoms with E-state index in [4.69, 9.17) is 4.74 Å². The molecule has 0 aromatic heterocycles. The number of carbonyl (C=O) groups excluding carboxylic acids is 1. The van der Waals surface area contributed by atoms with Gasteiger partial charge in [0.25, 0.3) is 5.91 Å². The molecule has 4 heteroatoms. The summed E-state index contributed by atoms with van der Waals surface area (Å²) in [5.74, 6) is 1.76. The van der Waals surface area contributed by atoms with E-state index in [1.807, 2.05) is 13.0 Å². The standard InChI is InChI=1S/C17H26N2O2/c1-11(2)15-6-5-12(3)16(7-15)21-13(4)17(20)19-10-14-8-18-9-14/h5-7,11,13-14,18H,8-10H2,1-4H3,(H,19,20). The van der Waals surface area contributed by atoms with Gasteiger partial charge in [-0.1, -0.05) is 26.0 Å². The van der Waals surface area contributed by atoms with E-state index in [1.54, 1.807) is 6.92 Å². The van der Waals surface area contributed by atoms with Gasteiger partial charge in [-0.2, -0.15) is 0 Å². The summed E-state index contributed by atoms with van der Waals surface area (Å²) >= 11 is 0. The second-order valence-electron chi connectivity index (χ2n) is 6.21. The van der Waals surface area contributed by atoms with Crippen LogP contribution < -0.4 is 15.4 Å². The summed E-state index contributed by atoms with van der Waals surface area (Å²) < 4.78 is 5.85. The van der Waals surface area contributed by atoms with Gasteiger partial charge in [0, 0.05) is 25.6 Å². The van der Waals surface area contributed by atoms with Crippen LogP contribution in [0.2, 0.25) is 0 Å². The van der Waals surface area contributed by atoms with E-state index in [9.17, 15) is 4.79 Å². The minimum atomic E-state index is -0.473. The van der Waals surface area contributed by atoms with Crippen LogP contribution in [0.15, 0.2) is 18.2 Å². The van der Waals surface area contributed by atoms with Crippen LogP contribution in [0.25, 0.3) is 0 Å². The predicted octanol–water partition coefficient (Wildman–Crippen LogP) is 2.22. The number of benzene rings is 1.